The van der Waals surface area contributed by atoms with Crippen LogP contribution in [-0.4, -0.2) is 46.1 Å². The van der Waals surface area contributed by atoms with E-state index in [1.807, 2.05) is 42.5 Å². The monoisotopic (exact) mass is 388 g/mol. The molecular formula is C22H30NO5+. The standard InChI is InChI=1S/C22H29NO5/c1-15(2)21-20(27-16-8-5-6-9-17(16)28-21)14-23-12-13-26-22-18(24-3)10-7-11-19(22)25-4/h5-11,15,20-21,23H,12-14H2,1-4H3/p+1/t20-,21-/m1/s1. The van der Waals surface area contributed by atoms with Crippen LogP contribution in [0.15, 0.2) is 42.5 Å². The van der Waals surface area contributed by atoms with Crippen molar-refractivity contribution in [2.24, 2.45) is 5.92 Å². The number of nitrogens with two attached hydrogens (primary N) is 1. The highest BCUT2D eigenvalue weighted by atomic mass is 16.6. The maximum atomic E-state index is 6.21. The van der Waals surface area contributed by atoms with Gasteiger partial charge in [-0.15, -0.1) is 0 Å². The van der Waals surface area contributed by atoms with Crippen LogP contribution >= 0.6 is 0 Å². The number of quaternary nitrogens is 1. The second-order valence-corrected chi connectivity index (χ2v) is 7.08. The van der Waals surface area contributed by atoms with Crippen molar-refractivity contribution in [3.63, 3.8) is 0 Å². The normalized spacial score (nSPS) is 18.0. The minimum absolute atomic E-state index is 0.00398. The van der Waals surface area contributed by atoms with Crippen LogP contribution < -0.4 is 29.0 Å². The predicted octanol–water partition coefficient (Wildman–Crippen LogP) is 2.51. The predicted molar refractivity (Wildman–Crippen MR) is 107 cm³/mol. The van der Waals surface area contributed by atoms with Crippen molar-refractivity contribution in [3.05, 3.63) is 42.5 Å². The van der Waals surface area contributed by atoms with Gasteiger partial charge in [0, 0.05) is 0 Å². The SMILES string of the molecule is COc1cccc(OC)c1OCC[NH2+]C[C@H]1Oc2ccccc2O[C@@H]1C(C)C. The van der Waals surface area contributed by atoms with Gasteiger partial charge in [0.1, 0.15) is 25.8 Å². The molecule has 0 unspecified atom stereocenters. The van der Waals surface area contributed by atoms with E-state index in [0.29, 0.717) is 29.8 Å². The fourth-order valence-electron chi connectivity index (χ4n) is 3.33. The third-order valence-corrected chi connectivity index (χ3v) is 4.76. The van der Waals surface area contributed by atoms with E-state index in [0.717, 1.165) is 24.6 Å². The summed E-state index contributed by atoms with van der Waals surface area (Å²) in [6.45, 7) is 6.43. The van der Waals surface area contributed by atoms with E-state index in [1.165, 1.54) is 0 Å². The van der Waals surface area contributed by atoms with Crippen LogP contribution in [0.5, 0.6) is 28.7 Å². The Balaban J connectivity index is 1.52. The Morgan fingerprint density at radius 3 is 2.18 bits per heavy atom. The fourth-order valence-corrected chi connectivity index (χ4v) is 3.33. The van der Waals surface area contributed by atoms with Gasteiger partial charge in [0.15, 0.2) is 29.1 Å². The lowest BCUT2D eigenvalue weighted by Gasteiger charge is -2.35. The average molecular weight is 388 g/mol. The lowest BCUT2D eigenvalue weighted by molar-refractivity contribution is -0.662. The van der Waals surface area contributed by atoms with Gasteiger partial charge < -0.3 is 29.0 Å². The van der Waals surface area contributed by atoms with Gasteiger partial charge in [-0.1, -0.05) is 32.0 Å². The zero-order valence-electron chi connectivity index (χ0n) is 17.0. The molecule has 0 radical (unpaired) electrons. The maximum absolute atomic E-state index is 6.21. The second-order valence-electron chi connectivity index (χ2n) is 7.08. The second kappa shape index (κ2) is 9.55. The number of ether oxygens (including phenoxy) is 5. The molecule has 1 aliphatic rings. The highest BCUT2D eigenvalue weighted by Gasteiger charge is 2.34. The number of hydrogen-bond acceptors (Lipinski definition) is 5. The first kappa shape index (κ1) is 20.1. The van der Waals surface area contributed by atoms with Gasteiger partial charge in [-0.05, 0) is 30.2 Å². The van der Waals surface area contributed by atoms with Gasteiger partial charge in [-0.2, -0.15) is 0 Å². The van der Waals surface area contributed by atoms with Crippen LogP contribution in [-0.2, 0) is 0 Å². The molecule has 1 heterocycles. The maximum Gasteiger partial charge on any atom is 0.203 e. The van der Waals surface area contributed by atoms with Crippen molar-refractivity contribution >= 4 is 0 Å². The molecule has 2 atom stereocenters. The van der Waals surface area contributed by atoms with Crippen LogP contribution in [0.1, 0.15) is 13.8 Å². The average Bonchev–Trinajstić information content (AvgIpc) is 2.72. The number of rotatable bonds is 9. The number of fused-ring (bicyclic) bond motifs is 1. The van der Waals surface area contributed by atoms with Crippen molar-refractivity contribution in [3.8, 4) is 28.7 Å². The molecule has 1 aliphatic heterocycles. The molecule has 0 amide bonds. The molecule has 2 aromatic rings. The van der Waals surface area contributed by atoms with E-state index in [9.17, 15) is 0 Å². The lowest BCUT2D eigenvalue weighted by atomic mass is 10.00. The van der Waals surface area contributed by atoms with Crippen molar-refractivity contribution in [1.29, 1.82) is 0 Å². The van der Waals surface area contributed by atoms with Gasteiger partial charge in [0.25, 0.3) is 0 Å². The summed E-state index contributed by atoms with van der Waals surface area (Å²) in [5.41, 5.74) is 0. The molecule has 6 heteroatoms. The largest absolute Gasteiger partial charge is 0.493 e. The first-order valence-corrected chi connectivity index (χ1v) is 9.71. The third kappa shape index (κ3) is 4.62. The first-order valence-electron chi connectivity index (χ1n) is 9.71. The Morgan fingerprint density at radius 2 is 1.57 bits per heavy atom. The Hall–Kier alpha value is -2.60. The Bertz CT molecular complexity index is 742. The summed E-state index contributed by atoms with van der Waals surface area (Å²) in [7, 11) is 3.25. The van der Waals surface area contributed by atoms with Gasteiger partial charge in [-0.3, -0.25) is 0 Å². The summed E-state index contributed by atoms with van der Waals surface area (Å²) in [5.74, 6) is 3.96. The molecule has 3 rings (SSSR count). The van der Waals surface area contributed by atoms with Crippen LogP contribution in [0.4, 0.5) is 0 Å². The van der Waals surface area contributed by atoms with E-state index in [4.69, 9.17) is 23.7 Å². The molecule has 0 bridgehead atoms. The van der Waals surface area contributed by atoms with Gasteiger partial charge >= 0.3 is 0 Å². The minimum atomic E-state index is -0.00398. The molecule has 6 nitrogen and oxygen atoms in total. The molecule has 0 spiro atoms. The number of benzene rings is 2. The van der Waals surface area contributed by atoms with Gasteiger partial charge in [-0.25, -0.2) is 0 Å². The summed E-state index contributed by atoms with van der Waals surface area (Å²) in [6.07, 6.45) is 0.0251. The smallest absolute Gasteiger partial charge is 0.203 e. The zero-order valence-corrected chi connectivity index (χ0v) is 17.0. The third-order valence-electron chi connectivity index (χ3n) is 4.76. The summed E-state index contributed by atoms with van der Waals surface area (Å²) < 4.78 is 29.0. The molecule has 0 aliphatic carbocycles. The Kier molecular flexibility index (Phi) is 6.87. The molecule has 0 fully saturated rings. The van der Waals surface area contributed by atoms with E-state index >= 15 is 0 Å². The molecule has 2 aromatic carbocycles. The van der Waals surface area contributed by atoms with Gasteiger partial charge in [0.05, 0.1) is 14.2 Å². The van der Waals surface area contributed by atoms with Crippen LogP contribution in [0.25, 0.3) is 0 Å². The summed E-state index contributed by atoms with van der Waals surface area (Å²) in [4.78, 5) is 0. The van der Waals surface area contributed by atoms with E-state index in [-0.39, 0.29) is 12.2 Å². The topological polar surface area (TPSA) is 62.8 Å². The summed E-state index contributed by atoms with van der Waals surface area (Å²) in [6, 6.07) is 13.4. The Morgan fingerprint density at radius 1 is 0.929 bits per heavy atom. The van der Waals surface area contributed by atoms with Crippen LogP contribution in [0.3, 0.4) is 0 Å². The lowest BCUT2D eigenvalue weighted by Crippen LogP contribution is -2.88. The van der Waals surface area contributed by atoms with Crippen LogP contribution in [0, 0.1) is 5.92 Å². The molecule has 152 valence electrons. The van der Waals surface area contributed by atoms with Gasteiger partial charge in [0.2, 0.25) is 5.75 Å². The van der Waals surface area contributed by atoms with Crippen LogP contribution in [0.2, 0.25) is 0 Å². The number of para-hydroxylation sites is 3. The van der Waals surface area contributed by atoms with E-state index in [1.54, 1.807) is 14.2 Å². The molecule has 0 aromatic heterocycles. The van der Waals surface area contributed by atoms with Crippen molar-refractivity contribution in [2.75, 3.05) is 33.9 Å². The summed E-state index contributed by atoms with van der Waals surface area (Å²) in [5, 5.41) is 2.19. The van der Waals surface area contributed by atoms with Crippen molar-refractivity contribution in [2.45, 2.75) is 26.1 Å². The molecule has 28 heavy (non-hydrogen) atoms. The van der Waals surface area contributed by atoms with Crippen molar-refractivity contribution < 1.29 is 29.0 Å². The molecule has 2 N–H and O–H groups in total. The highest BCUT2D eigenvalue weighted by Crippen LogP contribution is 2.37. The fraction of sp³-hybridized carbons (Fsp3) is 0.455. The highest BCUT2D eigenvalue weighted by molar-refractivity contribution is 5.51. The number of hydrogen-bond donors (Lipinski definition) is 1. The molecular weight excluding hydrogens is 358 g/mol. The quantitative estimate of drug-likeness (QED) is 0.669. The zero-order chi connectivity index (χ0) is 19.9. The number of methoxy groups -OCH3 is 2. The van der Waals surface area contributed by atoms with Crippen molar-refractivity contribution in [1.82, 2.24) is 0 Å². The first-order chi connectivity index (χ1) is 13.6. The minimum Gasteiger partial charge on any atom is -0.493 e. The Labute approximate surface area is 166 Å². The molecule has 0 saturated carbocycles. The van der Waals surface area contributed by atoms with E-state index < -0.39 is 0 Å². The van der Waals surface area contributed by atoms with E-state index in [2.05, 4.69) is 19.2 Å². The summed E-state index contributed by atoms with van der Waals surface area (Å²) >= 11 is 0. The molecule has 0 saturated heterocycles.